The molecule has 118 valence electrons. The fourth-order valence-corrected chi connectivity index (χ4v) is 1.86. The number of nitrogens with zero attached hydrogens (tertiary/aromatic N) is 1. The van der Waals surface area contributed by atoms with Crippen LogP contribution in [0.2, 0.25) is 0 Å². The van der Waals surface area contributed by atoms with Crippen molar-refractivity contribution in [2.24, 2.45) is 5.10 Å². The maximum atomic E-state index is 12.0. The van der Waals surface area contributed by atoms with Crippen LogP contribution in [-0.4, -0.2) is 25.8 Å². The van der Waals surface area contributed by atoms with Crippen molar-refractivity contribution in [2.75, 3.05) is 13.7 Å². The Bertz CT molecular complexity index is 694. The van der Waals surface area contributed by atoms with Crippen molar-refractivity contribution in [3.8, 4) is 11.5 Å². The Morgan fingerprint density at radius 2 is 1.96 bits per heavy atom. The molecule has 23 heavy (non-hydrogen) atoms. The monoisotopic (exact) mass is 310 g/mol. The van der Waals surface area contributed by atoms with E-state index < -0.39 is 0 Å². The molecule has 0 saturated carbocycles. The largest absolute Gasteiger partial charge is 0.496 e. The van der Waals surface area contributed by atoms with Gasteiger partial charge < -0.3 is 9.47 Å². The van der Waals surface area contributed by atoms with Gasteiger partial charge in [0.1, 0.15) is 18.1 Å². The highest BCUT2D eigenvalue weighted by Gasteiger charge is 2.04. The standard InChI is InChI=1S/C18H18N2O3/c1-3-12-23-16-10-8-14(9-11-16)18(21)20-19-13-15-6-4-5-7-17(15)22-2/h3-11,13H,1,12H2,2H3,(H,20,21). The van der Waals surface area contributed by atoms with Crippen LogP contribution in [0, 0.1) is 0 Å². The van der Waals surface area contributed by atoms with E-state index in [9.17, 15) is 4.79 Å². The number of nitrogens with one attached hydrogen (secondary N) is 1. The Morgan fingerprint density at radius 3 is 2.65 bits per heavy atom. The molecule has 0 atom stereocenters. The summed E-state index contributed by atoms with van der Waals surface area (Å²) in [6.07, 6.45) is 3.20. The van der Waals surface area contributed by atoms with E-state index >= 15 is 0 Å². The zero-order valence-electron chi connectivity index (χ0n) is 12.9. The Kier molecular flexibility index (Phi) is 5.94. The second-order valence-electron chi connectivity index (χ2n) is 4.57. The highest BCUT2D eigenvalue weighted by Crippen LogP contribution is 2.15. The molecule has 2 aromatic rings. The number of carbonyl (C=O) groups is 1. The number of ether oxygens (including phenoxy) is 2. The van der Waals surface area contributed by atoms with Gasteiger partial charge in [-0.1, -0.05) is 24.8 Å². The summed E-state index contributed by atoms with van der Waals surface area (Å²) in [4.78, 5) is 12.0. The van der Waals surface area contributed by atoms with Gasteiger partial charge >= 0.3 is 0 Å². The van der Waals surface area contributed by atoms with E-state index in [1.54, 1.807) is 37.5 Å². The number of hydrogen-bond donors (Lipinski definition) is 1. The summed E-state index contributed by atoms with van der Waals surface area (Å²) in [5.74, 6) is 1.07. The zero-order chi connectivity index (χ0) is 16.5. The summed E-state index contributed by atoms with van der Waals surface area (Å²) in [6.45, 7) is 4.00. The quantitative estimate of drug-likeness (QED) is 0.486. The third-order valence-corrected chi connectivity index (χ3v) is 2.99. The maximum absolute atomic E-state index is 12.0. The van der Waals surface area contributed by atoms with Crippen LogP contribution in [0.4, 0.5) is 0 Å². The third kappa shape index (κ3) is 4.71. The molecule has 1 N–H and O–H groups in total. The lowest BCUT2D eigenvalue weighted by molar-refractivity contribution is 0.0955. The van der Waals surface area contributed by atoms with Gasteiger partial charge in [0, 0.05) is 11.1 Å². The number of carbonyl (C=O) groups excluding carboxylic acids is 1. The Hall–Kier alpha value is -3.08. The molecule has 0 heterocycles. The van der Waals surface area contributed by atoms with Crippen LogP contribution >= 0.6 is 0 Å². The molecule has 0 aliphatic rings. The molecule has 0 aromatic heterocycles. The van der Waals surface area contributed by atoms with Gasteiger partial charge in [-0.3, -0.25) is 4.79 Å². The molecule has 0 aliphatic heterocycles. The summed E-state index contributed by atoms with van der Waals surface area (Å²) in [5.41, 5.74) is 3.75. The van der Waals surface area contributed by atoms with Gasteiger partial charge in [-0.2, -0.15) is 5.10 Å². The normalized spacial score (nSPS) is 10.3. The van der Waals surface area contributed by atoms with Crippen molar-refractivity contribution < 1.29 is 14.3 Å². The molecule has 0 radical (unpaired) electrons. The lowest BCUT2D eigenvalue weighted by Gasteiger charge is -2.05. The van der Waals surface area contributed by atoms with Gasteiger partial charge in [0.2, 0.25) is 0 Å². The fourth-order valence-electron chi connectivity index (χ4n) is 1.86. The molecule has 0 unspecified atom stereocenters. The molecule has 5 nitrogen and oxygen atoms in total. The molecular formula is C18H18N2O3. The van der Waals surface area contributed by atoms with Crippen molar-refractivity contribution in [3.63, 3.8) is 0 Å². The van der Waals surface area contributed by atoms with E-state index in [1.165, 1.54) is 6.21 Å². The fraction of sp³-hybridized carbons (Fsp3) is 0.111. The molecule has 2 rings (SSSR count). The topological polar surface area (TPSA) is 59.9 Å². The Balaban J connectivity index is 1.96. The zero-order valence-corrected chi connectivity index (χ0v) is 12.9. The van der Waals surface area contributed by atoms with Gasteiger partial charge in [0.05, 0.1) is 13.3 Å². The molecule has 0 fully saturated rings. The second-order valence-corrected chi connectivity index (χ2v) is 4.57. The summed E-state index contributed by atoms with van der Waals surface area (Å²) in [7, 11) is 1.58. The minimum atomic E-state index is -0.300. The summed E-state index contributed by atoms with van der Waals surface area (Å²) < 4.78 is 10.6. The van der Waals surface area contributed by atoms with Crippen LogP contribution in [0.25, 0.3) is 0 Å². The highest BCUT2D eigenvalue weighted by atomic mass is 16.5. The van der Waals surface area contributed by atoms with Crippen molar-refractivity contribution in [3.05, 3.63) is 72.3 Å². The average molecular weight is 310 g/mol. The van der Waals surface area contributed by atoms with E-state index in [-0.39, 0.29) is 5.91 Å². The minimum Gasteiger partial charge on any atom is -0.496 e. The lowest BCUT2D eigenvalue weighted by atomic mass is 10.2. The Labute approximate surface area is 135 Å². The van der Waals surface area contributed by atoms with Crippen LogP contribution in [0.5, 0.6) is 11.5 Å². The highest BCUT2D eigenvalue weighted by molar-refractivity contribution is 5.95. The van der Waals surface area contributed by atoms with Crippen LogP contribution in [0.15, 0.2) is 66.3 Å². The number of rotatable bonds is 7. The predicted molar refractivity (Wildman–Crippen MR) is 90.2 cm³/mol. The first-order valence-electron chi connectivity index (χ1n) is 7.04. The van der Waals surface area contributed by atoms with Crippen LogP contribution in [0.1, 0.15) is 15.9 Å². The predicted octanol–water partition coefficient (Wildman–Crippen LogP) is 3.02. The molecular weight excluding hydrogens is 292 g/mol. The minimum absolute atomic E-state index is 0.300. The smallest absolute Gasteiger partial charge is 0.271 e. The average Bonchev–Trinajstić information content (AvgIpc) is 2.60. The number of amides is 1. The van der Waals surface area contributed by atoms with Crippen LogP contribution in [-0.2, 0) is 0 Å². The first-order chi connectivity index (χ1) is 11.2. The van der Waals surface area contributed by atoms with E-state index in [0.29, 0.717) is 23.7 Å². The van der Waals surface area contributed by atoms with Crippen molar-refractivity contribution in [1.29, 1.82) is 0 Å². The molecule has 5 heteroatoms. The van der Waals surface area contributed by atoms with E-state index in [1.807, 2.05) is 24.3 Å². The Morgan fingerprint density at radius 1 is 1.22 bits per heavy atom. The maximum Gasteiger partial charge on any atom is 0.271 e. The van der Waals surface area contributed by atoms with E-state index in [4.69, 9.17) is 9.47 Å². The number of hydrogen-bond acceptors (Lipinski definition) is 4. The summed E-state index contributed by atoms with van der Waals surface area (Å²) >= 11 is 0. The van der Waals surface area contributed by atoms with Crippen LogP contribution in [0.3, 0.4) is 0 Å². The third-order valence-electron chi connectivity index (χ3n) is 2.99. The molecule has 1 amide bonds. The van der Waals surface area contributed by atoms with Gasteiger partial charge in [-0.05, 0) is 36.4 Å². The number of hydrazone groups is 1. The van der Waals surface area contributed by atoms with Gasteiger partial charge in [0.15, 0.2) is 0 Å². The molecule has 0 aliphatic carbocycles. The summed E-state index contributed by atoms with van der Waals surface area (Å²) in [5, 5.41) is 3.95. The van der Waals surface area contributed by atoms with E-state index in [2.05, 4.69) is 17.1 Å². The van der Waals surface area contributed by atoms with Gasteiger partial charge in [-0.15, -0.1) is 0 Å². The first kappa shape index (κ1) is 16.3. The second kappa shape index (κ2) is 8.38. The molecule has 2 aromatic carbocycles. The molecule has 0 spiro atoms. The van der Waals surface area contributed by atoms with Crippen molar-refractivity contribution >= 4 is 12.1 Å². The SMILES string of the molecule is C=CCOc1ccc(C(=O)NN=Cc2ccccc2OC)cc1. The number of para-hydroxylation sites is 1. The number of benzene rings is 2. The van der Waals surface area contributed by atoms with Crippen molar-refractivity contribution in [1.82, 2.24) is 5.43 Å². The lowest BCUT2D eigenvalue weighted by Crippen LogP contribution is -2.17. The first-order valence-corrected chi connectivity index (χ1v) is 7.04. The summed E-state index contributed by atoms with van der Waals surface area (Å²) in [6, 6.07) is 14.2. The van der Waals surface area contributed by atoms with Crippen LogP contribution < -0.4 is 14.9 Å². The van der Waals surface area contributed by atoms with E-state index in [0.717, 1.165) is 5.56 Å². The molecule has 0 bridgehead atoms. The molecule has 0 saturated heterocycles. The van der Waals surface area contributed by atoms with Crippen molar-refractivity contribution in [2.45, 2.75) is 0 Å². The van der Waals surface area contributed by atoms with Gasteiger partial charge in [-0.25, -0.2) is 5.43 Å². The van der Waals surface area contributed by atoms with Gasteiger partial charge in [0.25, 0.3) is 5.91 Å². The number of methoxy groups -OCH3 is 1.